The van der Waals surface area contributed by atoms with Gasteiger partial charge in [-0.15, -0.1) is 0 Å². The number of rotatable bonds is 6. The van der Waals surface area contributed by atoms with Gasteiger partial charge < -0.3 is 10.1 Å². The summed E-state index contributed by atoms with van der Waals surface area (Å²) >= 11 is 0. The minimum absolute atomic E-state index is 0.0112. The number of hydrogen-bond donors (Lipinski definition) is 1. The van der Waals surface area contributed by atoms with Crippen LogP contribution in [0.5, 0.6) is 5.75 Å². The number of nitrogens with one attached hydrogen (secondary N) is 1. The third-order valence-electron chi connectivity index (χ3n) is 2.90. The van der Waals surface area contributed by atoms with Crippen molar-refractivity contribution in [3.05, 3.63) is 29.6 Å². The molecule has 0 radical (unpaired) electrons. The topological polar surface area (TPSA) is 21.3 Å². The molecular weight excluding hydrogens is 217 g/mol. The van der Waals surface area contributed by atoms with Gasteiger partial charge in [0.15, 0.2) is 0 Å². The normalized spacial score (nSPS) is 14.4. The average molecular weight is 239 g/mol. The standard InChI is InChI=1S/C14H22FNO/c1-5-6-10(2)17-12-7-8-13(11(3)16-4)14(15)9-12/h7-11,16H,5-6H2,1-4H3. The summed E-state index contributed by atoms with van der Waals surface area (Å²) in [6, 6.07) is 5.09. The molecule has 0 aliphatic heterocycles. The fourth-order valence-electron chi connectivity index (χ4n) is 1.79. The maximum atomic E-state index is 13.8. The van der Waals surface area contributed by atoms with Gasteiger partial charge in [-0.3, -0.25) is 0 Å². The summed E-state index contributed by atoms with van der Waals surface area (Å²) in [6.45, 7) is 6.04. The van der Waals surface area contributed by atoms with Crippen molar-refractivity contribution in [1.29, 1.82) is 0 Å². The Morgan fingerprint density at radius 2 is 2.06 bits per heavy atom. The van der Waals surface area contributed by atoms with Crippen LogP contribution < -0.4 is 10.1 Å². The van der Waals surface area contributed by atoms with Crippen LogP contribution in [0.15, 0.2) is 18.2 Å². The SMILES string of the molecule is CCCC(C)Oc1ccc(C(C)NC)c(F)c1. The number of ether oxygens (including phenoxy) is 1. The summed E-state index contributed by atoms with van der Waals surface area (Å²) in [5.41, 5.74) is 0.669. The molecule has 0 spiro atoms. The molecule has 0 bridgehead atoms. The van der Waals surface area contributed by atoms with Gasteiger partial charge in [0.1, 0.15) is 11.6 Å². The molecular formula is C14H22FNO. The molecule has 0 fully saturated rings. The number of halogens is 1. The van der Waals surface area contributed by atoms with Gasteiger partial charge in [0, 0.05) is 17.7 Å². The van der Waals surface area contributed by atoms with E-state index in [9.17, 15) is 4.39 Å². The Labute approximate surface area is 103 Å². The number of benzene rings is 1. The maximum Gasteiger partial charge on any atom is 0.131 e. The second-order valence-electron chi connectivity index (χ2n) is 4.41. The lowest BCUT2D eigenvalue weighted by molar-refractivity contribution is 0.209. The lowest BCUT2D eigenvalue weighted by atomic mass is 10.1. The molecule has 0 heterocycles. The van der Waals surface area contributed by atoms with Crippen molar-refractivity contribution in [2.45, 2.75) is 45.8 Å². The van der Waals surface area contributed by atoms with Crippen LogP contribution in [0.25, 0.3) is 0 Å². The lowest BCUT2D eigenvalue weighted by Crippen LogP contribution is -2.15. The second-order valence-corrected chi connectivity index (χ2v) is 4.41. The smallest absolute Gasteiger partial charge is 0.131 e. The molecule has 1 aromatic carbocycles. The van der Waals surface area contributed by atoms with Gasteiger partial charge in [0.25, 0.3) is 0 Å². The van der Waals surface area contributed by atoms with Gasteiger partial charge in [-0.1, -0.05) is 19.4 Å². The van der Waals surface area contributed by atoms with Crippen LogP contribution in [0.1, 0.15) is 45.2 Å². The minimum Gasteiger partial charge on any atom is -0.491 e. The summed E-state index contributed by atoms with van der Waals surface area (Å²) in [7, 11) is 1.82. The van der Waals surface area contributed by atoms with Gasteiger partial charge in [-0.2, -0.15) is 0 Å². The van der Waals surface area contributed by atoms with Crippen molar-refractivity contribution in [1.82, 2.24) is 5.32 Å². The molecule has 0 aliphatic rings. The van der Waals surface area contributed by atoms with Crippen LogP contribution in [0, 0.1) is 5.82 Å². The Morgan fingerprint density at radius 3 is 2.59 bits per heavy atom. The molecule has 96 valence electrons. The zero-order valence-electron chi connectivity index (χ0n) is 11.1. The molecule has 0 aromatic heterocycles. The molecule has 1 aromatic rings. The summed E-state index contributed by atoms with van der Waals surface area (Å²) in [5, 5.41) is 3.02. The Balaban J connectivity index is 2.75. The molecule has 0 amide bonds. The molecule has 1 rings (SSSR count). The van der Waals surface area contributed by atoms with Crippen molar-refractivity contribution in [2.75, 3.05) is 7.05 Å². The van der Waals surface area contributed by atoms with Gasteiger partial charge >= 0.3 is 0 Å². The Kier molecular flexibility index (Phi) is 5.42. The van der Waals surface area contributed by atoms with Crippen LogP contribution in [0.2, 0.25) is 0 Å². The average Bonchev–Trinajstić information content (AvgIpc) is 2.28. The summed E-state index contributed by atoms with van der Waals surface area (Å²) in [6.07, 6.45) is 2.18. The van der Waals surface area contributed by atoms with Crippen molar-refractivity contribution in [3.8, 4) is 5.75 Å². The first-order valence-electron chi connectivity index (χ1n) is 6.21. The van der Waals surface area contributed by atoms with E-state index in [4.69, 9.17) is 4.74 Å². The van der Waals surface area contributed by atoms with Crippen molar-refractivity contribution >= 4 is 0 Å². The third-order valence-corrected chi connectivity index (χ3v) is 2.90. The first-order chi connectivity index (χ1) is 8.08. The number of hydrogen-bond acceptors (Lipinski definition) is 2. The van der Waals surface area contributed by atoms with E-state index in [1.165, 1.54) is 6.07 Å². The Bertz CT molecular complexity index is 354. The van der Waals surface area contributed by atoms with Gasteiger partial charge in [0.05, 0.1) is 6.10 Å². The van der Waals surface area contributed by atoms with Gasteiger partial charge in [-0.05, 0) is 33.4 Å². The first kappa shape index (κ1) is 14.0. The third kappa shape index (κ3) is 4.00. The van der Waals surface area contributed by atoms with E-state index < -0.39 is 0 Å². The van der Waals surface area contributed by atoms with Crippen LogP contribution in [-0.2, 0) is 0 Å². The molecule has 3 heteroatoms. The summed E-state index contributed by atoms with van der Waals surface area (Å²) < 4.78 is 19.4. The fraction of sp³-hybridized carbons (Fsp3) is 0.571. The molecule has 0 saturated carbocycles. The van der Waals surface area contributed by atoms with E-state index in [0.717, 1.165) is 12.8 Å². The zero-order chi connectivity index (χ0) is 12.8. The van der Waals surface area contributed by atoms with Crippen molar-refractivity contribution in [3.63, 3.8) is 0 Å². The second kappa shape index (κ2) is 6.60. The highest BCUT2D eigenvalue weighted by Crippen LogP contribution is 2.22. The van der Waals surface area contributed by atoms with E-state index >= 15 is 0 Å². The van der Waals surface area contributed by atoms with E-state index in [0.29, 0.717) is 11.3 Å². The largest absolute Gasteiger partial charge is 0.491 e. The molecule has 0 saturated heterocycles. The van der Waals surface area contributed by atoms with E-state index in [2.05, 4.69) is 12.2 Å². The predicted molar refractivity (Wildman–Crippen MR) is 68.9 cm³/mol. The molecule has 2 atom stereocenters. The van der Waals surface area contributed by atoms with Crippen LogP contribution >= 0.6 is 0 Å². The minimum atomic E-state index is -0.215. The summed E-state index contributed by atoms with van der Waals surface area (Å²) in [5.74, 6) is 0.392. The monoisotopic (exact) mass is 239 g/mol. The zero-order valence-corrected chi connectivity index (χ0v) is 11.1. The van der Waals surface area contributed by atoms with Crippen LogP contribution in [-0.4, -0.2) is 13.2 Å². The Morgan fingerprint density at radius 1 is 1.35 bits per heavy atom. The Hall–Kier alpha value is -1.09. The molecule has 0 aliphatic carbocycles. The van der Waals surface area contributed by atoms with Crippen molar-refractivity contribution in [2.24, 2.45) is 0 Å². The quantitative estimate of drug-likeness (QED) is 0.817. The highest BCUT2D eigenvalue weighted by Gasteiger charge is 2.11. The van der Waals surface area contributed by atoms with Crippen molar-refractivity contribution < 1.29 is 9.13 Å². The molecule has 2 unspecified atom stereocenters. The highest BCUT2D eigenvalue weighted by atomic mass is 19.1. The molecule has 1 N–H and O–H groups in total. The van der Waals surface area contributed by atoms with E-state index in [1.54, 1.807) is 6.07 Å². The van der Waals surface area contributed by atoms with Gasteiger partial charge in [0.2, 0.25) is 0 Å². The van der Waals surface area contributed by atoms with Gasteiger partial charge in [-0.25, -0.2) is 4.39 Å². The molecule has 17 heavy (non-hydrogen) atoms. The fourth-order valence-corrected chi connectivity index (χ4v) is 1.79. The van der Waals surface area contributed by atoms with Crippen LogP contribution in [0.3, 0.4) is 0 Å². The predicted octanol–water partition coefficient (Wildman–Crippen LogP) is 3.67. The van der Waals surface area contributed by atoms with E-state index in [1.807, 2.05) is 27.0 Å². The maximum absolute atomic E-state index is 13.8. The summed E-state index contributed by atoms with van der Waals surface area (Å²) in [4.78, 5) is 0. The lowest BCUT2D eigenvalue weighted by Gasteiger charge is -2.16. The first-order valence-corrected chi connectivity index (χ1v) is 6.21. The molecule has 2 nitrogen and oxygen atoms in total. The van der Waals surface area contributed by atoms with E-state index in [-0.39, 0.29) is 18.0 Å². The van der Waals surface area contributed by atoms with Crippen LogP contribution in [0.4, 0.5) is 4.39 Å². The highest BCUT2D eigenvalue weighted by molar-refractivity contribution is 5.30.